The van der Waals surface area contributed by atoms with Crippen molar-refractivity contribution in [3.05, 3.63) is 35.2 Å². The van der Waals surface area contributed by atoms with E-state index >= 15 is 0 Å². The van der Waals surface area contributed by atoms with Gasteiger partial charge in [-0.3, -0.25) is 4.79 Å². The molecule has 7 nitrogen and oxygen atoms in total. The molecule has 1 N–H and O–H groups in total. The number of carbonyl (C=O) groups excluding carboxylic acids is 1. The number of rotatable bonds is 3. The van der Waals surface area contributed by atoms with Crippen molar-refractivity contribution in [2.45, 2.75) is 58.1 Å². The summed E-state index contributed by atoms with van der Waals surface area (Å²) in [6.45, 7) is 5.69. The molecule has 1 aliphatic heterocycles. The Bertz CT molecular complexity index is 802. The van der Waals surface area contributed by atoms with Crippen molar-refractivity contribution in [1.29, 1.82) is 0 Å². The second kappa shape index (κ2) is 6.54. The van der Waals surface area contributed by atoms with Gasteiger partial charge >= 0.3 is 0 Å². The van der Waals surface area contributed by atoms with Crippen LogP contribution in [0.5, 0.6) is 0 Å². The van der Waals surface area contributed by atoms with Gasteiger partial charge in [-0.05, 0) is 38.5 Å². The molecule has 0 saturated carbocycles. The molecule has 2 aromatic heterocycles. The minimum absolute atomic E-state index is 0.0649. The zero-order valence-electron chi connectivity index (χ0n) is 15.4. The number of fused-ring (bicyclic) bond motifs is 1. The summed E-state index contributed by atoms with van der Waals surface area (Å²) in [5, 5.41) is 15.0. The van der Waals surface area contributed by atoms with Crippen LogP contribution in [0.15, 0.2) is 16.9 Å². The van der Waals surface area contributed by atoms with Gasteiger partial charge in [-0.15, -0.1) is 0 Å². The molecular formula is C19H26N4O3. The third kappa shape index (κ3) is 3.16. The molecule has 4 rings (SSSR count). The Hall–Kier alpha value is -2.15. The minimum atomic E-state index is -0.806. The number of aliphatic hydroxyl groups is 1. The lowest BCUT2D eigenvalue weighted by Crippen LogP contribution is -2.49. The van der Waals surface area contributed by atoms with Crippen molar-refractivity contribution in [1.82, 2.24) is 19.6 Å². The average molecular weight is 358 g/mol. The number of piperidine rings is 1. The van der Waals surface area contributed by atoms with Crippen LogP contribution in [0.3, 0.4) is 0 Å². The normalized spacial score (nSPS) is 22.3. The SMILES string of the molecule is Cc1nccn1CC1(O)CCN(C(=O)c2noc3c2CC(C)CC3)CC1. The summed E-state index contributed by atoms with van der Waals surface area (Å²) in [5.41, 5.74) is 0.658. The molecule has 1 fully saturated rings. The van der Waals surface area contributed by atoms with E-state index in [1.807, 2.05) is 17.7 Å². The molecule has 1 aliphatic carbocycles. The fraction of sp³-hybridized carbons (Fsp3) is 0.632. The van der Waals surface area contributed by atoms with Crippen LogP contribution in [0.25, 0.3) is 0 Å². The third-order valence-corrected chi connectivity index (χ3v) is 5.86. The van der Waals surface area contributed by atoms with Gasteiger partial charge in [0.05, 0.1) is 12.1 Å². The van der Waals surface area contributed by atoms with Crippen LogP contribution >= 0.6 is 0 Å². The van der Waals surface area contributed by atoms with Crippen LogP contribution in [0.2, 0.25) is 0 Å². The zero-order chi connectivity index (χ0) is 18.3. The molecule has 2 aromatic rings. The van der Waals surface area contributed by atoms with E-state index in [0.717, 1.165) is 36.4 Å². The molecular weight excluding hydrogens is 332 g/mol. The van der Waals surface area contributed by atoms with E-state index in [1.165, 1.54) is 0 Å². The van der Waals surface area contributed by atoms with E-state index in [-0.39, 0.29) is 5.91 Å². The maximum Gasteiger partial charge on any atom is 0.276 e. The predicted molar refractivity (Wildman–Crippen MR) is 94.7 cm³/mol. The monoisotopic (exact) mass is 358 g/mol. The van der Waals surface area contributed by atoms with Crippen molar-refractivity contribution in [2.75, 3.05) is 13.1 Å². The summed E-state index contributed by atoms with van der Waals surface area (Å²) in [4.78, 5) is 18.9. The summed E-state index contributed by atoms with van der Waals surface area (Å²) >= 11 is 0. The Morgan fingerprint density at radius 2 is 2.19 bits per heavy atom. The van der Waals surface area contributed by atoms with Crippen molar-refractivity contribution in [3.63, 3.8) is 0 Å². The number of aryl methyl sites for hydroxylation is 2. The van der Waals surface area contributed by atoms with Crippen molar-refractivity contribution in [3.8, 4) is 0 Å². The summed E-state index contributed by atoms with van der Waals surface area (Å²) in [6.07, 6.45) is 7.53. The number of hydrogen-bond acceptors (Lipinski definition) is 5. The molecule has 0 bridgehead atoms. The first-order chi connectivity index (χ1) is 12.5. The lowest BCUT2D eigenvalue weighted by atomic mass is 9.87. The molecule has 0 aromatic carbocycles. The summed E-state index contributed by atoms with van der Waals surface area (Å²) in [5.74, 6) is 2.25. The largest absolute Gasteiger partial charge is 0.388 e. The van der Waals surface area contributed by atoms with Gasteiger partial charge in [0, 0.05) is 37.5 Å². The first kappa shape index (κ1) is 17.3. The van der Waals surface area contributed by atoms with Crippen molar-refractivity contribution < 1.29 is 14.4 Å². The van der Waals surface area contributed by atoms with Crippen LogP contribution in [-0.2, 0) is 19.4 Å². The molecule has 1 atom stereocenters. The van der Waals surface area contributed by atoms with Gasteiger partial charge in [-0.2, -0.15) is 0 Å². The molecule has 1 amide bonds. The average Bonchev–Trinajstić information content (AvgIpc) is 3.21. The highest BCUT2D eigenvalue weighted by Crippen LogP contribution is 2.30. The standard InChI is InChI=1S/C19H26N4O3/c1-13-3-4-16-15(11-13)17(21-26-16)18(24)22-8-5-19(25,6-9-22)12-23-10-7-20-14(23)2/h7,10,13,25H,3-6,8-9,11-12H2,1-2H3. The molecule has 0 spiro atoms. The van der Waals surface area contributed by atoms with Gasteiger partial charge in [-0.1, -0.05) is 12.1 Å². The van der Waals surface area contributed by atoms with Crippen molar-refractivity contribution in [2.24, 2.45) is 5.92 Å². The Labute approximate surface area is 153 Å². The van der Waals surface area contributed by atoms with Crippen LogP contribution < -0.4 is 0 Å². The maximum absolute atomic E-state index is 12.9. The Balaban J connectivity index is 1.43. The highest BCUT2D eigenvalue weighted by atomic mass is 16.5. The van der Waals surface area contributed by atoms with E-state index in [4.69, 9.17) is 4.52 Å². The molecule has 2 aliphatic rings. The van der Waals surface area contributed by atoms with Gasteiger partial charge < -0.3 is 19.1 Å². The fourth-order valence-corrected chi connectivity index (χ4v) is 4.07. The summed E-state index contributed by atoms with van der Waals surface area (Å²) < 4.78 is 7.38. The van der Waals surface area contributed by atoms with E-state index in [1.54, 1.807) is 11.1 Å². The smallest absolute Gasteiger partial charge is 0.276 e. The van der Waals surface area contributed by atoms with Crippen LogP contribution in [0.4, 0.5) is 0 Å². The minimum Gasteiger partial charge on any atom is -0.388 e. The molecule has 1 saturated heterocycles. The first-order valence-electron chi connectivity index (χ1n) is 9.42. The highest BCUT2D eigenvalue weighted by Gasteiger charge is 2.37. The number of likely N-dealkylation sites (tertiary alicyclic amines) is 1. The maximum atomic E-state index is 12.9. The van der Waals surface area contributed by atoms with E-state index in [9.17, 15) is 9.90 Å². The number of hydrogen-bond donors (Lipinski definition) is 1. The van der Waals surface area contributed by atoms with Gasteiger partial charge in [0.25, 0.3) is 5.91 Å². The topological polar surface area (TPSA) is 84.4 Å². The Morgan fingerprint density at radius 3 is 2.88 bits per heavy atom. The van der Waals surface area contributed by atoms with E-state index in [2.05, 4.69) is 17.1 Å². The number of imidazole rings is 1. The van der Waals surface area contributed by atoms with Gasteiger partial charge in [-0.25, -0.2) is 4.98 Å². The molecule has 26 heavy (non-hydrogen) atoms. The fourth-order valence-electron chi connectivity index (χ4n) is 4.07. The second-order valence-electron chi connectivity index (χ2n) is 7.90. The van der Waals surface area contributed by atoms with E-state index < -0.39 is 5.60 Å². The number of nitrogens with zero attached hydrogens (tertiary/aromatic N) is 4. The van der Waals surface area contributed by atoms with Gasteiger partial charge in [0.15, 0.2) is 5.69 Å². The summed E-state index contributed by atoms with van der Waals surface area (Å²) in [7, 11) is 0. The lowest BCUT2D eigenvalue weighted by molar-refractivity contribution is -0.0297. The number of carbonyl (C=O) groups is 1. The number of aromatic nitrogens is 3. The van der Waals surface area contributed by atoms with E-state index in [0.29, 0.717) is 44.1 Å². The van der Waals surface area contributed by atoms with Crippen molar-refractivity contribution >= 4 is 5.91 Å². The van der Waals surface area contributed by atoms with Crippen LogP contribution in [0.1, 0.15) is 53.8 Å². The number of amides is 1. The zero-order valence-corrected chi connectivity index (χ0v) is 15.4. The predicted octanol–water partition coefficient (Wildman–Crippen LogP) is 1.97. The summed E-state index contributed by atoms with van der Waals surface area (Å²) in [6, 6.07) is 0. The first-order valence-corrected chi connectivity index (χ1v) is 9.42. The lowest BCUT2D eigenvalue weighted by Gasteiger charge is -2.38. The molecule has 7 heteroatoms. The molecule has 3 heterocycles. The van der Waals surface area contributed by atoms with Crippen LogP contribution in [-0.4, -0.2) is 49.3 Å². The highest BCUT2D eigenvalue weighted by molar-refractivity contribution is 5.94. The quantitative estimate of drug-likeness (QED) is 0.907. The molecule has 1 unspecified atom stereocenters. The molecule has 140 valence electrons. The third-order valence-electron chi connectivity index (χ3n) is 5.86. The Kier molecular flexibility index (Phi) is 4.34. The Morgan fingerprint density at radius 1 is 1.42 bits per heavy atom. The molecule has 0 radical (unpaired) electrons. The second-order valence-corrected chi connectivity index (χ2v) is 7.90. The van der Waals surface area contributed by atoms with Gasteiger partial charge in [0.2, 0.25) is 0 Å². The van der Waals surface area contributed by atoms with Gasteiger partial charge in [0.1, 0.15) is 11.6 Å². The van der Waals surface area contributed by atoms with Crippen LogP contribution in [0, 0.1) is 12.8 Å².